The number of urea groups is 1. The van der Waals surface area contributed by atoms with Gasteiger partial charge in [-0.2, -0.15) is 11.8 Å². The van der Waals surface area contributed by atoms with Gasteiger partial charge in [-0.3, -0.25) is 0 Å². The van der Waals surface area contributed by atoms with Crippen LogP contribution < -0.4 is 15.5 Å². The maximum atomic E-state index is 12.2. The topological polar surface area (TPSA) is 73.9 Å². The van der Waals surface area contributed by atoms with E-state index in [-0.39, 0.29) is 0 Å². The first-order valence-corrected chi connectivity index (χ1v) is 10.6. The smallest absolute Gasteiger partial charge is 0.328 e. The third-order valence-electron chi connectivity index (χ3n) is 4.45. The molecule has 0 aromatic heterocycles. The van der Waals surface area contributed by atoms with E-state index in [1.165, 1.54) is 7.11 Å². The number of carbonyl (C=O) groups is 2. The Morgan fingerprint density at radius 1 is 1.30 bits per heavy atom. The van der Waals surface area contributed by atoms with E-state index in [4.69, 9.17) is 16.3 Å². The molecule has 0 spiro atoms. The summed E-state index contributed by atoms with van der Waals surface area (Å²) < 4.78 is 4.75. The quantitative estimate of drug-likeness (QED) is 0.668. The van der Waals surface area contributed by atoms with E-state index in [1.54, 1.807) is 17.8 Å². The maximum absolute atomic E-state index is 12.2. The lowest BCUT2D eigenvalue weighted by molar-refractivity contribution is -0.142. The molecule has 1 atom stereocenters. The molecule has 2 N–H and O–H groups in total. The number of hydrogen-bond acceptors (Lipinski definition) is 6. The molecule has 0 saturated carbocycles. The second kappa shape index (κ2) is 10.6. The molecule has 150 valence electrons. The summed E-state index contributed by atoms with van der Waals surface area (Å²) in [6.07, 6.45) is 2.45. The van der Waals surface area contributed by atoms with Crippen LogP contribution in [-0.2, 0) is 9.53 Å². The van der Waals surface area contributed by atoms with Crippen molar-refractivity contribution in [1.29, 1.82) is 0 Å². The van der Waals surface area contributed by atoms with Gasteiger partial charge in [-0.25, -0.2) is 9.59 Å². The molecule has 9 heteroatoms. The Balaban J connectivity index is 1.97. The number of carbonyl (C=O) groups excluding carboxylic acids is 2. The normalized spacial score (nSPS) is 15.9. The van der Waals surface area contributed by atoms with Crippen molar-refractivity contribution in [3.8, 4) is 0 Å². The minimum atomic E-state index is -0.678. The molecule has 1 aliphatic heterocycles. The number of nitrogens with one attached hydrogen (secondary N) is 2. The number of nitrogens with zero attached hydrogens (tertiary/aromatic N) is 2. The highest BCUT2D eigenvalue weighted by molar-refractivity contribution is 7.98. The molecule has 0 unspecified atom stereocenters. The number of anilines is 2. The average molecular weight is 415 g/mol. The van der Waals surface area contributed by atoms with Crippen LogP contribution in [0.1, 0.15) is 6.42 Å². The van der Waals surface area contributed by atoms with Crippen LogP contribution in [0.3, 0.4) is 0 Å². The van der Waals surface area contributed by atoms with E-state index in [9.17, 15) is 9.59 Å². The number of benzene rings is 1. The van der Waals surface area contributed by atoms with E-state index < -0.39 is 18.0 Å². The number of methoxy groups -OCH3 is 1. The zero-order chi connectivity index (χ0) is 19.8. The van der Waals surface area contributed by atoms with Crippen molar-refractivity contribution in [2.24, 2.45) is 0 Å². The SMILES string of the molecule is COC(=O)[C@H](CCSC)NC(=O)Nc1ccc(N2CCN(C)CC2)c(Cl)c1. The molecule has 1 saturated heterocycles. The predicted octanol–water partition coefficient (Wildman–Crippen LogP) is 2.51. The maximum Gasteiger partial charge on any atom is 0.328 e. The summed E-state index contributed by atoms with van der Waals surface area (Å²) in [6.45, 7) is 3.81. The third-order valence-corrected chi connectivity index (χ3v) is 5.40. The highest BCUT2D eigenvalue weighted by Gasteiger charge is 2.21. The molecule has 27 heavy (non-hydrogen) atoms. The molecule has 1 aromatic rings. The number of rotatable bonds is 7. The van der Waals surface area contributed by atoms with Crippen LogP contribution in [0.25, 0.3) is 0 Å². The van der Waals surface area contributed by atoms with Gasteiger partial charge < -0.3 is 25.2 Å². The van der Waals surface area contributed by atoms with Gasteiger partial charge in [0.1, 0.15) is 6.04 Å². The van der Waals surface area contributed by atoms with Gasteiger partial charge in [-0.1, -0.05) is 11.6 Å². The Morgan fingerprint density at radius 2 is 2.00 bits per heavy atom. The molecule has 0 aliphatic carbocycles. The van der Waals surface area contributed by atoms with Gasteiger partial charge in [-0.15, -0.1) is 0 Å². The second-order valence-electron chi connectivity index (χ2n) is 6.41. The Hall–Kier alpha value is -1.64. The number of halogens is 1. The number of likely N-dealkylation sites (N-methyl/N-ethyl adjacent to an activating group) is 1. The number of amides is 2. The van der Waals surface area contributed by atoms with Crippen molar-refractivity contribution < 1.29 is 14.3 Å². The Bertz CT molecular complexity index is 653. The number of ether oxygens (including phenoxy) is 1. The first kappa shape index (κ1) is 21.7. The number of thioether (sulfide) groups is 1. The van der Waals surface area contributed by atoms with Crippen molar-refractivity contribution in [2.45, 2.75) is 12.5 Å². The molecule has 7 nitrogen and oxygen atoms in total. The van der Waals surface area contributed by atoms with Gasteiger partial charge in [0.15, 0.2) is 0 Å². The van der Waals surface area contributed by atoms with E-state index in [0.717, 1.165) is 37.6 Å². The van der Waals surface area contributed by atoms with Crippen molar-refractivity contribution >= 4 is 46.7 Å². The lowest BCUT2D eigenvalue weighted by Gasteiger charge is -2.34. The molecule has 2 rings (SSSR count). The van der Waals surface area contributed by atoms with Crippen molar-refractivity contribution in [1.82, 2.24) is 10.2 Å². The fourth-order valence-electron chi connectivity index (χ4n) is 2.84. The molecule has 0 bridgehead atoms. The third kappa shape index (κ3) is 6.48. The van der Waals surface area contributed by atoms with Crippen molar-refractivity contribution in [3.05, 3.63) is 23.2 Å². The highest BCUT2D eigenvalue weighted by atomic mass is 35.5. The number of esters is 1. The molecule has 1 aromatic carbocycles. The zero-order valence-corrected chi connectivity index (χ0v) is 17.5. The van der Waals surface area contributed by atoms with Crippen LogP contribution in [0.5, 0.6) is 0 Å². The molecule has 1 fully saturated rings. The van der Waals surface area contributed by atoms with Crippen LogP contribution in [0, 0.1) is 0 Å². The minimum absolute atomic E-state index is 0.456. The van der Waals surface area contributed by atoms with Gasteiger partial charge in [-0.05, 0) is 43.7 Å². The standard InChI is InChI=1S/C18H27ClN4O3S/c1-22-7-9-23(10-8-22)16-5-4-13(12-14(16)19)20-18(25)21-15(6-11-27-3)17(24)26-2/h4-5,12,15H,6-11H2,1-3H3,(H2,20,21,25)/t15-/m0/s1. The molecule has 1 heterocycles. The number of piperazine rings is 1. The minimum Gasteiger partial charge on any atom is -0.467 e. The fourth-order valence-corrected chi connectivity index (χ4v) is 3.61. The fraction of sp³-hybridized carbons (Fsp3) is 0.556. The molecule has 1 aliphatic rings. The van der Waals surface area contributed by atoms with E-state index in [2.05, 4.69) is 27.5 Å². The van der Waals surface area contributed by atoms with Crippen LogP contribution >= 0.6 is 23.4 Å². The summed E-state index contributed by atoms with van der Waals surface area (Å²) in [5, 5.41) is 5.97. The largest absolute Gasteiger partial charge is 0.467 e. The summed E-state index contributed by atoms with van der Waals surface area (Å²) in [6, 6.07) is 4.31. The van der Waals surface area contributed by atoms with Crippen LogP contribution in [0.15, 0.2) is 18.2 Å². The van der Waals surface area contributed by atoms with E-state index in [0.29, 0.717) is 17.1 Å². The van der Waals surface area contributed by atoms with Crippen LogP contribution in [0.4, 0.5) is 16.2 Å². The van der Waals surface area contributed by atoms with E-state index in [1.807, 2.05) is 18.4 Å². The lowest BCUT2D eigenvalue weighted by Crippen LogP contribution is -2.44. The molecular weight excluding hydrogens is 388 g/mol. The van der Waals surface area contributed by atoms with Gasteiger partial charge in [0.05, 0.1) is 17.8 Å². The Kier molecular flexibility index (Phi) is 8.53. The van der Waals surface area contributed by atoms with Crippen LogP contribution in [-0.4, -0.2) is 75.3 Å². The van der Waals surface area contributed by atoms with Crippen molar-refractivity contribution in [3.63, 3.8) is 0 Å². The summed E-state index contributed by atoms with van der Waals surface area (Å²) in [7, 11) is 3.41. The van der Waals surface area contributed by atoms with Crippen molar-refractivity contribution in [2.75, 3.05) is 62.6 Å². The van der Waals surface area contributed by atoms with Gasteiger partial charge in [0, 0.05) is 31.9 Å². The number of hydrogen-bond donors (Lipinski definition) is 2. The Morgan fingerprint density at radius 3 is 2.59 bits per heavy atom. The second-order valence-corrected chi connectivity index (χ2v) is 7.80. The first-order chi connectivity index (χ1) is 12.9. The molecular formula is C18H27ClN4O3S. The lowest BCUT2D eigenvalue weighted by atomic mass is 10.2. The summed E-state index contributed by atoms with van der Waals surface area (Å²) >= 11 is 8.03. The van der Waals surface area contributed by atoms with Gasteiger partial charge in [0.25, 0.3) is 0 Å². The monoisotopic (exact) mass is 414 g/mol. The molecule has 0 radical (unpaired) electrons. The Labute approximate surface area is 169 Å². The van der Waals surface area contributed by atoms with E-state index >= 15 is 0 Å². The highest BCUT2D eigenvalue weighted by Crippen LogP contribution is 2.29. The van der Waals surface area contributed by atoms with Crippen LogP contribution in [0.2, 0.25) is 5.02 Å². The zero-order valence-electron chi connectivity index (χ0n) is 16.0. The van der Waals surface area contributed by atoms with Gasteiger partial charge in [0.2, 0.25) is 0 Å². The summed E-state index contributed by atoms with van der Waals surface area (Å²) in [5.74, 6) is 0.286. The first-order valence-electron chi connectivity index (χ1n) is 8.82. The molecule has 2 amide bonds. The average Bonchev–Trinajstić information content (AvgIpc) is 2.65. The predicted molar refractivity (Wildman–Crippen MR) is 112 cm³/mol. The summed E-state index contributed by atoms with van der Waals surface area (Å²) in [5.41, 5.74) is 1.53. The summed E-state index contributed by atoms with van der Waals surface area (Å²) in [4.78, 5) is 28.6. The van der Waals surface area contributed by atoms with Gasteiger partial charge >= 0.3 is 12.0 Å².